The van der Waals surface area contributed by atoms with Gasteiger partial charge in [0.05, 0.1) is 22.6 Å². The predicted octanol–water partition coefficient (Wildman–Crippen LogP) is 0.0479. The predicted molar refractivity (Wildman–Crippen MR) is 70.7 cm³/mol. The summed E-state index contributed by atoms with van der Waals surface area (Å²) >= 11 is 5.82. The third-order valence-electron chi connectivity index (χ3n) is 3.23. The SMILES string of the molecule is CN(C(=O)c1cc([N+](=O)[O-])cnc1Cl)[C@@H]1CNC[C@H]1O. The number of carbonyl (C=O) groups excluding carboxylic acids is 1. The quantitative estimate of drug-likeness (QED) is 0.464. The van der Waals surface area contributed by atoms with Gasteiger partial charge in [0.25, 0.3) is 11.6 Å². The first kappa shape index (κ1) is 14.6. The van der Waals surface area contributed by atoms with Crippen molar-refractivity contribution in [2.24, 2.45) is 0 Å². The van der Waals surface area contributed by atoms with Crippen LogP contribution in [0.2, 0.25) is 5.15 Å². The number of aliphatic hydroxyl groups is 1. The molecule has 2 N–H and O–H groups in total. The molecule has 1 aliphatic heterocycles. The first-order valence-corrected chi connectivity index (χ1v) is 6.25. The van der Waals surface area contributed by atoms with E-state index < -0.39 is 23.0 Å². The van der Waals surface area contributed by atoms with Gasteiger partial charge in [-0.2, -0.15) is 0 Å². The Balaban J connectivity index is 2.28. The van der Waals surface area contributed by atoms with E-state index in [0.29, 0.717) is 13.1 Å². The van der Waals surface area contributed by atoms with Crippen molar-refractivity contribution in [1.82, 2.24) is 15.2 Å². The molecular formula is C11H13ClN4O4. The molecule has 20 heavy (non-hydrogen) atoms. The lowest BCUT2D eigenvalue weighted by atomic mass is 10.1. The van der Waals surface area contributed by atoms with E-state index in [1.165, 1.54) is 11.9 Å². The van der Waals surface area contributed by atoms with E-state index >= 15 is 0 Å². The number of hydrogen-bond donors (Lipinski definition) is 2. The van der Waals surface area contributed by atoms with Crippen LogP contribution in [0.5, 0.6) is 0 Å². The van der Waals surface area contributed by atoms with E-state index in [4.69, 9.17) is 11.6 Å². The average molecular weight is 301 g/mol. The first-order valence-electron chi connectivity index (χ1n) is 5.87. The molecule has 1 fully saturated rings. The molecule has 1 aliphatic rings. The number of β-amino-alcohol motifs (C(OH)–C–C–N with tert-alkyl or cyclic N) is 1. The lowest BCUT2D eigenvalue weighted by Crippen LogP contribution is -2.44. The van der Waals surface area contributed by atoms with Crippen molar-refractivity contribution < 1.29 is 14.8 Å². The molecule has 0 aromatic carbocycles. The Hall–Kier alpha value is -1.77. The molecular weight excluding hydrogens is 288 g/mol. The van der Waals surface area contributed by atoms with Crippen molar-refractivity contribution in [2.75, 3.05) is 20.1 Å². The highest BCUT2D eigenvalue weighted by Gasteiger charge is 2.32. The Bertz CT molecular complexity index is 553. The van der Waals surface area contributed by atoms with Gasteiger partial charge < -0.3 is 15.3 Å². The minimum absolute atomic E-state index is 0.0533. The molecule has 2 atom stereocenters. The Labute approximate surface area is 119 Å². The number of nitro groups is 1. The van der Waals surface area contributed by atoms with Crippen LogP contribution in [0.4, 0.5) is 5.69 Å². The van der Waals surface area contributed by atoms with E-state index in [9.17, 15) is 20.0 Å². The number of amides is 1. The number of nitrogens with zero attached hydrogens (tertiary/aromatic N) is 3. The molecule has 0 saturated carbocycles. The summed E-state index contributed by atoms with van der Waals surface area (Å²) in [6, 6.07) is 0.681. The number of halogens is 1. The van der Waals surface area contributed by atoms with Gasteiger partial charge in [-0.1, -0.05) is 11.6 Å². The number of rotatable bonds is 3. The monoisotopic (exact) mass is 300 g/mol. The number of aromatic nitrogens is 1. The maximum absolute atomic E-state index is 12.3. The van der Waals surface area contributed by atoms with Crippen LogP contribution in [0.1, 0.15) is 10.4 Å². The van der Waals surface area contributed by atoms with Gasteiger partial charge in [-0.3, -0.25) is 14.9 Å². The molecule has 108 valence electrons. The standard InChI is InChI=1S/C11H13ClN4O4/c1-15(8-4-13-5-9(8)17)11(18)7-2-6(16(19)20)3-14-10(7)12/h2-3,8-9,13,17H,4-5H2,1H3/t8-,9-/m1/s1. The molecule has 1 aromatic rings. The second-order valence-electron chi connectivity index (χ2n) is 4.50. The van der Waals surface area contributed by atoms with Crippen LogP contribution in [0.3, 0.4) is 0 Å². The summed E-state index contributed by atoms with van der Waals surface area (Å²) in [5, 5.41) is 23.3. The number of pyridine rings is 1. The fourth-order valence-corrected chi connectivity index (χ4v) is 2.26. The van der Waals surface area contributed by atoms with E-state index in [1.54, 1.807) is 0 Å². The van der Waals surface area contributed by atoms with Gasteiger partial charge in [0.2, 0.25) is 0 Å². The van der Waals surface area contributed by atoms with E-state index in [1.807, 2.05) is 0 Å². The highest BCUT2D eigenvalue weighted by atomic mass is 35.5. The lowest BCUT2D eigenvalue weighted by Gasteiger charge is -2.26. The number of aliphatic hydroxyl groups excluding tert-OH is 1. The van der Waals surface area contributed by atoms with Crippen LogP contribution < -0.4 is 5.32 Å². The summed E-state index contributed by atoms with van der Waals surface area (Å²) in [6.45, 7) is 0.840. The minimum atomic E-state index is -0.686. The Morgan fingerprint density at radius 2 is 2.35 bits per heavy atom. The van der Waals surface area contributed by atoms with Crippen LogP contribution in [0, 0.1) is 10.1 Å². The molecule has 8 nitrogen and oxygen atoms in total. The van der Waals surface area contributed by atoms with Gasteiger partial charge in [0.1, 0.15) is 11.3 Å². The molecule has 0 unspecified atom stereocenters. The summed E-state index contributed by atoms with van der Waals surface area (Å²) in [6.07, 6.45) is 0.305. The molecule has 2 rings (SSSR count). The zero-order valence-electron chi connectivity index (χ0n) is 10.6. The molecule has 1 saturated heterocycles. The van der Waals surface area contributed by atoms with E-state index in [0.717, 1.165) is 12.3 Å². The smallest absolute Gasteiger partial charge is 0.288 e. The zero-order valence-corrected chi connectivity index (χ0v) is 11.4. The fourth-order valence-electron chi connectivity index (χ4n) is 2.07. The Kier molecular flexibility index (Phi) is 4.17. The maximum Gasteiger partial charge on any atom is 0.288 e. The zero-order chi connectivity index (χ0) is 14.9. The largest absolute Gasteiger partial charge is 0.390 e. The summed E-state index contributed by atoms with van der Waals surface area (Å²) in [5.74, 6) is -0.515. The molecule has 0 spiro atoms. The van der Waals surface area contributed by atoms with Crippen LogP contribution >= 0.6 is 11.6 Å². The molecule has 2 heterocycles. The summed E-state index contributed by atoms with van der Waals surface area (Å²) in [4.78, 5) is 27.3. The molecule has 1 amide bonds. The highest BCUT2D eigenvalue weighted by Crippen LogP contribution is 2.22. The van der Waals surface area contributed by atoms with Gasteiger partial charge in [0, 0.05) is 26.2 Å². The fraction of sp³-hybridized carbons (Fsp3) is 0.455. The van der Waals surface area contributed by atoms with Crippen LogP contribution in [-0.2, 0) is 0 Å². The summed E-state index contributed by atoms with van der Waals surface area (Å²) < 4.78 is 0. The average Bonchev–Trinajstić information content (AvgIpc) is 2.83. The minimum Gasteiger partial charge on any atom is -0.390 e. The van der Waals surface area contributed by atoms with Crippen molar-refractivity contribution in [2.45, 2.75) is 12.1 Å². The highest BCUT2D eigenvalue weighted by molar-refractivity contribution is 6.32. The second-order valence-corrected chi connectivity index (χ2v) is 4.86. The number of nitrogens with one attached hydrogen (secondary N) is 1. The lowest BCUT2D eigenvalue weighted by molar-refractivity contribution is -0.385. The first-order chi connectivity index (χ1) is 9.41. The van der Waals surface area contributed by atoms with Gasteiger partial charge in [0.15, 0.2) is 0 Å². The number of carbonyl (C=O) groups is 1. The Morgan fingerprint density at radius 3 is 2.90 bits per heavy atom. The third-order valence-corrected chi connectivity index (χ3v) is 3.54. The second kappa shape index (κ2) is 5.70. The van der Waals surface area contributed by atoms with Crippen molar-refractivity contribution in [3.05, 3.63) is 33.1 Å². The van der Waals surface area contributed by atoms with Crippen molar-refractivity contribution >= 4 is 23.2 Å². The van der Waals surface area contributed by atoms with Gasteiger partial charge >= 0.3 is 0 Å². The van der Waals surface area contributed by atoms with Gasteiger partial charge in [-0.05, 0) is 0 Å². The maximum atomic E-state index is 12.3. The topological polar surface area (TPSA) is 109 Å². The number of likely N-dealkylation sites (N-methyl/N-ethyl adjacent to an activating group) is 1. The third kappa shape index (κ3) is 2.72. The molecule has 1 aromatic heterocycles. The molecule has 0 radical (unpaired) electrons. The van der Waals surface area contributed by atoms with Crippen molar-refractivity contribution in [1.29, 1.82) is 0 Å². The van der Waals surface area contributed by atoms with Crippen LogP contribution in [-0.4, -0.2) is 58.1 Å². The molecule has 9 heteroatoms. The normalized spacial score (nSPS) is 21.8. The summed E-state index contributed by atoms with van der Waals surface area (Å²) in [5.41, 5.74) is -0.362. The summed E-state index contributed by atoms with van der Waals surface area (Å²) in [7, 11) is 1.51. The van der Waals surface area contributed by atoms with Crippen molar-refractivity contribution in [3.63, 3.8) is 0 Å². The van der Waals surface area contributed by atoms with Crippen molar-refractivity contribution in [3.8, 4) is 0 Å². The van der Waals surface area contributed by atoms with E-state index in [2.05, 4.69) is 10.3 Å². The van der Waals surface area contributed by atoms with E-state index in [-0.39, 0.29) is 16.4 Å². The van der Waals surface area contributed by atoms with Crippen LogP contribution in [0.25, 0.3) is 0 Å². The Morgan fingerprint density at radius 1 is 1.65 bits per heavy atom. The van der Waals surface area contributed by atoms with Gasteiger partial charge in [-0.15, -0.1) is 0 Å². The van der Waals surface area contributed by atoms with Gasteiger partial charge in [-0.25, -0.2) is 4.98 Å². The molecule has 0 aliphatic carbocycles. The van der Waals surface area contributed by atoms with Crippen LogP contribution in [0.15, 0.2) is 12.3 Å². The molecule has 0 bridgehead atoms. The number of hydrogen-bond acceptors (Lipinski definition) is 6.